The number of hydrogen-bond donors (Lipinski definition) is 3. The summed E-state index contributed by atoms with van der Waals surface area (Å²) < 4.78 is 0. The lowest BCUT2D eigenvalue weighted by molar-refractivity contribution is -0.153. The monoisotopic (exact) mass is 461 g/mol. The maximum Gasteiger partial charge on any atom is 0.245 e. The molecule has 3 aliphatic rings. The third-order valence-electron chi connectivity index (χ3n) is 8.51. The lowest BCUT2D eigenvalue weighted by Crippen LogP contribution is -2.63. The van der Waals surface area contributed by atoms with Crippen molar-refractivity contribution in [1.29, 1.82) is 0 Å². The summed E-state index contributed by atoms with van der Waals surface area (Å²) >= 11 is 0. The summed E-state index contributed by atoms with van der Waals surface area (Å²) in [5.41, 5.74) is -1.71. The molecule has 6 unspecified atom stereocenters. The Kier molecular flexibility index (Phi) is 9.23. The van der Waals surface area contributed by atoms with Gasteiger partial charge in [0.1, 0.15) is 0 Å². The summed E-state index contributed by atoms with van der Waals surface area (Å²) in [7, 11) is 0. The summed E-state index contributed by atoms with van der Waals surface area (Å²) in [5.74, 6) is 0.422. The average Bonchev–Trinajstić information content (AvgIpc) is 2.74. The highest BCUT2D eigenvalue weighted by Crippen LogP contribution is 2.31. The van der Waals surface area contributed by atoms with Gasteiger partial charge in [0.05, 0.1) is 0 Å². The van der Waals surface area contributed by atoms with Crippen molar-refractivity contribution in [3.63, 3.8) is 0 Å². The van der Waals surface area contributed by atoms with E-state index in [4.69, 9.17) is 0 Å². The van der Waals surface area contributed by atoms with E-state index in [-0.39, 0.29) is 24.5 Å². The Morgan fingerprint density at radius 3 is 1.15 bits per heavy atom. The molecule has 188 valence electrons. The SMILES string of the molecule is CCC(C(=O)NC1CCCC(C)C1)(C(=O)NC1CCCC(C)C1)C(=O)NC1CCCC(C)C1. The number of nitrogens with one attached hydrogen (secondary N) is 3. The highest BCUT2D eigenvalue weighted by Gasteiger charge is 2.53. The van der Waals surface area contributed by atoms with E-state index >= 15 is 0 Å². The van der Waals surface area contributed by atoms with Gasteiger partial charge in [-0.25, -0.2) is 0 Å². The van der Waals surface area contributed by atoms with Gasteiger partial charge in [0.25, 0.3) is 0 Å². The topological polar surface area (TPSA) is 87.3 Å². The van der Waals surface area contributed by atoms with Gasteiger partial charge in [-0.1, -0.05) is 66.2 Å². The summed E-state index contributed by atoms with van der Waals surface area (Å²) in [4.78, 5) is 41.2. The van der Waals surface area contributed by atoms with E-state index in [1.165, 1.54) is 19.3 Å². The van der Waals surface area contributed by atoms with Crippen molar-refractivity contribution in [2.75, 3.05) is 0 Å². The molecule has 0 aromatic carbocycles. The van der Waals surface area contributed by atoms with Crippen LogP contribution in [0.25, 0.3) is 0 Å². The third kappa shape index (κ3) is 6.51. The number of amides is 3. The first kappa shape index (κ1) is 26.0. The lowest BCUT2D eigenvalue weighted by atomic mass is 9.78. The molecule has 0 bridgehead atoms. The molecule has 3 amide bonds. The summed E-state index contributed by atoms with van der Waals surface area (Å²) in [6.07, 6.45) is 12.4. The summed E-state index contributed by atoms with van der Waals surface area (Å²) in [6.45, 7) is 8.42. The molecule has 3 rings (SSSR count). The van der Waals surface area contributed by atoms with E-state index in [1.807, 2.05) is 0 Å². The molecule has 0 saturated heterocycles. The maximum atomic E-state index is 13.7. The molecule has 6 heteroatoms. The van der Waals surface area contributed by atoms with Gasteiger partial charge in [-0.2, -0.15) is 0 Å². The van der Waals surface area contributed by atoms with Gasteiger partial charge in [0, 0.05) is 18.1 Å². The minimum absolute atomic E-state index is 0.0391. The highest BCUT2D eigenvalue weighted by molar-refractivity contribution is 6.22. The van der Waals surface area contributed by atoms with Crippen LogP contribution in [0.4, 0.5) is 0 Å². The van der Waals surface area contributed by atoms with Crippen LogP contribution in [-0.2, 0) is 14.4 Å². The van der Waals surface area contributed by atoms with Crippen molar-refractivity contribution in [3.8, 4) is 0 Å². The zero-order valence-corrected chi connectivity index (χ0v) is 21.4. The fourth-order valence-corrected chi connectivity index (χ4v) is 6.41. The van der Waals surface area contributed by atoms with Crippen molar-refractivity contribution in [3.05, 3.63) is 0 Å². The van der Waals surface area contributed by atoms with Gasteiger partial charge in [0.15, 0.2) is 0 Å². The Morgan fingerprint density at radius 1 is 0.606 bits per heavy atom. The molecule has 3 fully saturated rings. The van der Waals surface area contributed by atoms with E-state index < -0.39 is 23.1 Å². The number of carbonyl (C=O) groups is 3. The summed E-state index contributed by atoms with van der Waals surface area (Å²) in [6, 6.07) is 0.117. The molecule has 0 aromatic rings. The molecule has 3 aliphatic carbocycles. The smallest absolute Gasteiger partial charge is 0.245 e. The molecular formula is C27H47N3O3. The Bertz CT molecular complexity index is 606. The van der Waals surface area contributed by atoms with E-state index in [1.54, 1.807) is 6.92 Å². The first-order valence-electron chi connectivity index (χ1n) is 13.7. The van der Waals surface area contributed by atoms with Gasteiger partial charge in [-0.3, -0.25) is 14.4 Å². The fourth-order valence-electron chi connectivity index (χ4n) is 6.41. The van der Waals surface area contributed by atoms with Gasteiger partial charge in [-0.15, -0.1) is 0 Å². The van der Waals surface area contributed by atoms with Crippen LogP contribution >= 0.6 is 0 Å². The quantitative estimate of drug-likeness (QED) is 0.489. The third-order valence-corrected chi connectivity index (χ3v) is 8.51. The largest absolute Gasteiger partial charge is 0.352 e. The summed E-state index contributed by atoms with van der Waals surface area (Å²) in [5, 5.41) is 9.40. The molecule has 0 spiro atoms. The van der Waals surface area contributed by atoms with Crippen LogP contribution in [0.2, 0.25) is 0 Å². The van der Waals surface area contributed by atoms with E-state index in [2.05, 4.69) is 36.7 Å². The van der Waals surface area contributed by atoms with Crippen LogP contribution in [0.5, 0.6) is 0 Å². The van der Waals surface area contributed by atoms with Crippen LogP contribution in [0.15, 0.2) is 0 Å². The first-order valence-corrected chi connectivity index (χ1v) is 13.7. The Hall–Kier alpha value is -1.59. The van der Waals surface area contributed by atoms with Crippen molar-refractivity contribution >= 4 is 17.7 Å². The molecule has 0 aromatic heterocycles. The first-order chi connectivity index (χ1) is 15.7. The number of hydrogen-bond acceptors (Lipinski definition) is 3. The number of rotatable bonds is 7. The Morgan fingerprint density at radius 2 is 0.909 bits per heavy atom. The van der Waals surface area contributed by atoms with Crippen LogP contribution in [0.1, 0.15) is 111 Å². The molecule has 33 heavy (non-hydrogen) atoms. The predicted octanol–water partition coefficient (Wildman–Crippen LogP) is 4.47. The second-order valence-electron chi connectivity index (χ2n) is 11.6. The van der Waals surface area contributed by atoms with Crippen LogP contribution in [0, 0.1) is 23.2 Å². The Balaban J connectivity index is 1.79. The van der Waals surface area contributed by atoms with Crippen molar-refractivity contribution < 1.29 is 14.4 Å². The molecule has 3 saturated carbocycles. The minimum Gasteiger partial charge on any atom is -0.352 e. The van der Waals surface area contributed by atoms with Crippen molar-refractivity contribution in [1.82, 2.24) is 16.0 Å². The van der Waals surface area contributed by atoms with E-state index in [0.717, 1.165) is 57.8 Å². The molecular weight excluding hydrogens is 414 g/mol. The highest BCUT2D eigenvalue weighted by atomic mass is 16.2. The standard InChI is InChI=1S/C27H47N3O3/c1-5-27(24(31)28-21-12-6-9-18(2)15-21,25(32)29-22-13-7-10-19(3)16-22)26(33)30-23-14-8-11-20(4)17-23/h18-23H,5-17H2,1-4H3,(H,28,31)(H,29,32)(H,30,33). The second-order valence-corrected chi connectivity index (χ2v) is 11.6. The molecule has 3 N–H and O–H groups in total. The van der Waals surface area contributed by atoms with Crippen LogP contribution in [0.3, 0.4) is 0 Å². The molecule has 6 nitrogen and oxygen atoms in total. The van der Waals surface area contributed by atoms with Crippen LogP contribution in [-0.4, -0.2) is 35.8 Å². The van der Waals surface area contributed by atoms with Crippen LogP contribution < -0.4 is 16.0 Å². The molecule has 0 aliphatic heterocycles. The van der Waals surface area contributed by atoms with Gasteiger partial charge in [0.2, 0.25) is 23.1 Å². The fraction of sp³-hybridized carbons (Fsp3) is 0.889. The van der Waals surface area contributed by atoms with E-state index in [9.17, 15) is 14.4 Å². The van der Waals surface area contributed by atoms with Gasteiger partial charge >= 0.3 is 0 Å². The minimum atomic E-state index is -1.71. The predicted molar refractivity (Wildman–Crippen MR) is 131 cm³/mol. The second kappa shape index (κ2) is 11.7. The number of carbonyl (C=O) groups excluding carboxylic acids is 3. The van der Waals surface area contributed by atoms with Gasteiger partial charge in [-0.05, 0) is 62.7 Å². The van der Waals surface area contributed by atoms with Crippen molar-refractivity contribution in [2.24, 2.45) is 23.2 Å². The normalized spacial score (nSPS) is 34.5. The molecule has 0 radical (unpaired) electrons. The maximum absolute atomic E-state index is 13.7. The Labute approximate surface area is 200 Å². The zero-order chi connectivity index (χ0) is 24.0. The van der Waals surface area contributed by atoms with E-state index in [0.29, 0.717) is 17.8 Å². The average molecular weight is 462 g/mol. The molecule has 6 atom stereocenters. The van der Waals surface area contributed by atoms with Crippen molar-refractivity contribution in [2.45, 2.75) is 129 Å². The molecule has 0 heterocycles. The lowest BCUT2D eigenvalue weighted by Gasteiger charge is -2.37. The van der Waals surface area contributed by atoms with Gasteiger partial charge < -0.3 is 16.0 Å². The zero-order valence-electron chi connectivity index (χ0n) is 21.4.